The van der Waals surface area contributed by atoms with Crippen LogP contribution in [0, 0.1) is 11.3 Å². The lowest BCUT2D eigenvalue weighted by Crippen LogP contribution is -2.59. The smallest absolute Gasteiger partial charge is 0.409 e. The van der Waals surface area contributed by atoms with Crippen molar-refractivity contribution >= 4 is 12.2 Å². The first-order valence-corrected chi connectivity index (χ1v) is 12.5. The maximum Gasteiger partial charge on any atom is 0.409 e. The topological polar surface area (TPSA) is 117 Å². The van der Waals surface area contributed by atoms with Crippen molar-refractivity contribution in [2.45, 2.75) is 31.0 Å². The highest BCUT2D eigenvalue weighted by Gasteiger charge is 2.42. The zero-order valence-corrected chi connectivity index (χ0v) is 20.8. The van der Waals surface area contributed by atoms with Crippen molar-refractivity contribution in [1.29, 1.82) is 5.26 Å². The Morgan fingerprint density at radius 1 is 1.17 bits per heavy atom. The Bertz CT molecular complexity index is 903. The second-order valence-corrected chi connectivity index (χ2v) is 9.34. The molecule has 1 aromatic carbocycles. The number of nitrogens with one attached hydrogen (secondary N) is 1. The Labute approximate surface area is 211 Å². The van der Waals surface area contributed by atoms with Gasteiger partial charge in [0.15, 0.2) is 0 Å². The van der Waals surface area contributed by atoms with E-state index in [1.54, 1.807) is 24.3 Å². The van der Waals surface area contributed by atoms with Crippen LogP contribution >= 0.6 is 0 Å². The van der Waals surface area contributed by atoms with Crippen molar-refractivity contribution in [2.24, 2.45) is 0 Å². The second-order valence-electron chi connectivity index (χ2n) is 9.34. The molecule has 3 unspecified atom stereocenters. The van der Waals surface area contributed by atoms with Crippen LogP contribution in [0.5, 0.6) is 5.75 Å². The van der Waals surface area contributed by atoms with Gasteiger partial charge < -0.3 is 29.2 Å². The number of alkyl carbamates (subject to hydrolysis) is 1. The number of piperazine rings is 1. The Morgan fingerprint density at radius 2 is 1.86 bits per heavy atom. The minimum atomic E-state index is -0.516. The fourth-order valence-electron chi connectivity index (χ4n) is 5.06. The number of methoxy groups -OCH3 is 1. The number of carbonyl (C=O) groups is 2. The Balaban J connectivity index is 1.27. The fraction of sp³-hybridized carbons (Fsp3) is 0.640. The number of benzene rings is 1. The third-order valence-electron chi connectivity index (χ3n) is 7.00. The molecule has 196 valence electrons. The van der Waals surface area contributed by atoms with Gasteiger partial charge in [-0.1, -0.05) is 0 Å². The molecule has 2 bridgehead atoms. The van der Waals surface area contributed by atoms with Gasteiger partial charge >= 0.3 is 12.2 Å². The molecule has 1 aromatic rings. The molecule has 3 aliphatic rings. The summed E-state index contributed by atoms with van der Waals surface area (Å²) in [5.41, 5.74) is 0.556. The predicted molar refractivity (Wildman–Crippen MR) is 130 cm³/mol. The average Bonchev–Trinajstić information content (AvgIpc) is 3.13. The zero-order valence-electron chi connectivity index (χ0n) is 20.8. The Kier molecular flexibility index (Phi) is 9.22. The first kappa shape index (κ1) is 26.0. The standard InChI is InChI=1S/C25H35N5O6/c1-33-24(31)27-20(18-36-23-6-2-19(14-26)3-7-23)15-30-21-4-5-22(30)17-29(16-21)25(32)35-13-10-28-8-11-34-12-9-28/h2-3,6-7,20-22H,4-5,8-13,15-18H2,1H3,(H,27,31). The van der Waals surface area contributed by atoms with E-state index in [0.717, 1.165) is 45.7 Å². The van der Waals surface area contributed by atoms with Crippen LogP contribution in [-0.2, 0) is 14.2 Å². The number of likely N-dealkylation sites (tertiary alicyclic amines) is 1. The largest absolute Gasteiger partial charge is 0.491 e. The number of fused-ring (bicyclic) bond motifs is 2. The van der Waals surface area contributed by atoms with Crippen molar-refractivity contribution in [3.63, 3.8) is 0 Å². The first-order chi connectivity index (χ1) is 17.6. The van der Waals surface area contributed by atoms with Crippen LogP contribution in [-0.4, -0.2) is 118 Å². The monoisotopic (exact) mass is 501 g/mol. The number of morpholine rings is 1. The normalized spacial score (nSPS) is 22.9. The molecule has 3 fully saturated rings. The van der Waals surface area contributed by atoms with Crippen LogP contribution < -0.4 is 10.1 Å². The van der Waals surface area contributed by atoms with Crippen molar-refractivity contribution in [2.75, 3.05) is 72.8 Å². The van der Waals surface area contributed by atoms with Crippen molar-refractivity contribution in [1.82, 2.24) is 20.0 Å². The molecule has 3 atom stereocenters. The lowest BCUT2D eigenvalue weighted by atomic mass is 10.1. The van der Waals surface area contributed by atoms with Gasteiger partial charge in [-0.05, 0) is 37.1 Å². The summed E-state index contributed by atoms with van der Waals surface area (Å²) < 4.78 is 21.6. The number of hydrogen-bond acceptors (Lipinski definition) is 9. The first-order valence-electron chi connectivity index (χ1n) is 12.5. The van der Waals surface area contributed by atoms with E-state index in [-0.39, 0.29) is 30.8 Å². The summed E-state index contributed by atoms with van der Waals surface area (Å²) in [6.45, 7) is 6.35. The quantitative estimate of drug-likeness (QED) is 0.534. The van der Waals surface area contributed by atoms with Crippen LogP contribution in [0.25, 0.3) is 0 Å². The molecule has 1 N–H and O–H groups in total. The SMILES string of the molecule is COC(=O)NC(COc1ccc(C#N)cc1)CN1C2CCC1CN(C(=O)OCCN1CCOCC1)C2. The molecule has 11 heteroatoms. The van der Waals surface area contributed by atoms with Crippen LogP contribution in [0.2, 0.25) is 0 Å². The molecule has 0 radical (unpaired) electrons. The molecule has 11 nitrogen and oxygen atoms in total. The van der Waals surface area contributed by atoms with E-state index in [4.69, 9.17) is 24.2 Å². The van der Waals surface area contributed by atoms with Crippen LogP contribution in [0.15, 0.2) is 24.3 Å². The number of nitriles is 1. The molecule has 0 saturated carbocycles. The summed E-state index contributed by atoms with van der Waals surface area (Å²) in [5.74, 6) is 0.623. The Morgan fingerprint density at radius 3 is 2.50 bits per heavy atom. The second kappa shape index (κ2) is 12.8. The van der Waals surface area contributed by atoms with Gasteiger partial charge in [-0.3, -0.25) is 9.80 Å². The van der Waals surface area contributed by atoms with E-state index in [0.29, 0.717) is 37.6 Å². The number of rotatable bonds is 9. The van der Waals surface area contributed by atoms with Crippen LogP contribution in [0.1, 0.15) is 18.4 Å². The van der Waals surface area contributed by atoms with Gasteiger partial charge in [0, 0.05) is 51.4 Å². The minimum Gasteiger partial charge on any atom is -0.491 e. The zero-order chi connectivity index (χ0) is 25.3. The van der Waals surface area contributed by atoms with Gasteiger partial charge in [0.05, 0.1) is 38.0 Å². The third kappa shape index (κ3) is 7.00. The van der Waals surface area contributed by atoms with Crippen molar-refractivity contribution in [3.05, 3.63) is 29.8 Å². The number of ether oxygens (including phenoxy) is 4. The van der Waals surface area contributed by atoms with Crippen LogP contribution in [0.4, 0.5) is 9.59 Å². The maximum absolute atomic E-state index is 12.7. The predicted octanol–water partition coefficient (Wildman–Crippen LogP) is 1.28. The lowest BCUT2D eigenvalue weighted by molar-refractivity contribution is 0.0160. The highest BCUT2D eigenvalue weighted by molar-refractivity contribution is 5.68. The van der Waals surface area contributed by atoms with E-state index in [1.165, 1.54) is 7.11 Å². The molecule has 0 spiro atoms. The molecule has 0 aromatic heterocycles. The van der Waals surface area contributed by atoms with Gasteiger partial charge in [0.1, 0.15) is 19.0 Å². The van der Waals surface area contributed by atoms with Gasteiger partial charge in [0.25, 0.3) is 0 Å². The van der Waals surface area contributed by atoms with Crippen molar-refractivity contribution in [3.8, 4) is 11.8 Å². The summed E-state index contributed by atoms with van der Waals surface area (Å²) >= 11 is 0. The van der Waals surface area contributed by atoms with E-state index < -0.39 is 6.09 Å². The Hall–Kier alpha value is -3.07. The lowest BCUT2D eigenvalue weighted by Gasteiger charge is -2.41. The summed E-state index contributed by atoms with van der Waals surface area (Å²) in [6, 6.07) is 9.04. The molecule has 0 aliphatic carbocycles. The number of nitrogens with zero attached hydrogens (tertiary/aromatic N) is 4. The molecule has 3 heterocycles. The van der Waals surface area contributed by atoms with E-state index in [9.17, 15) is 9.59 Å². The molecule has 36 heavy (non-hydrogen) atoms. The van der Waals surface area contributed by atoms with Crippen molar-refractivity contribution < 1.29 is 28.5 Å². The minimum absolute atomic E-state index is 0.201. The van der Waals surface area contributed by atoms with Crippen LogP contribution in [0.3, 0.4) is 0 Å². The molecular weight excluding hydrogens is 466 g/mol. The van der Waals surface area contributed by atoms with Gasteiger partial charge in [0.2, 0.25) is 0 Å². The van der Waals surface area contributed by atoms with Gasteiger partial charge in [-0.2, -0.15) is 5.26 Å². The number of hydrogen-bond donors (Lipinski definition) is 1. The van der Waals surface area contributed by atoms with E-state index >= 15 is 0 Å². The molecule has 3 aliphatic heterocycles. The third-order valence-corrected chi connectivity index (χ3v) is 7.00. The van der Waals surface area contributed by atoms with E-state index in [2.05, 4.69) is 21.2 Å². The highest BCUT2D eigenvalue weighted by atomic mass is 16.6. The summed E-state index contributed by atoms with van der Waals surface area (Å²) in [6.07, 6.45) is 1.21. The molecule has 4 rings (SSSR count). The highest BCUT2D eigenvalue weighted by Crippen LogP contribution is 2.30. The fourth-order valence-corrected chi connectivity index (χ4v) is 5.06. The van der Waals surface area contributed by atoms with Gasteiger partial charge in [-0.25, -0.2) is 9.59 Å². The maximum atomic E-state index is 12.7. The summed E-state index contributed by atoms with van der Waals surface area (Å²) in [5, 5.41) is 11.8. The van der Waals surface area contributed by atoms with Gasteiger partial charge in [-0.15, -0.1) is 0 Å². The summed E-state index contributed by atoms with van der Waals surface area (Å²) in [7, 11) is 1.33. The average molecular weight is 502 g/mol. The molecular formula is C25H35N5O6. The molecule has 2 amide bonds. The number of amides is 2. The summed E-state index contributed by atoms with van der Waals surface area (Å²) in [4.78, 5) is 31.1. The number of carbonyl (C=O) groups excluding carboxylic acids is 2. The molecule has 3 saturated heterocycles. The van der Waals surface area contributed by atoms with E-state index in [1.807, 2.05) is 4.90 Å².